The van der Waals surface area contributed by atoms with Crippen LogP contribution in [0.25, 0.3) is 0 Å². The van der Waals surface area contributed by atoms with Crippen molar-refractivity contribution in [3.8, 4) is 0 Å². The van der Waals surface area contributed by atoms with Gasteiger partial charge in [0.15, 0.2) is 12.2 Å². The van der Waals surface area contributed by atoms with Crippen LogP contribution in [-0.2, 0) is 32.7 Å². The van der Waals surface area contributed by atoms with Crippen molar-refractivity contribution < 1.29 is 32.7 Å². The highest BCUT2D eigenvalue weighted by atomic mass is 32.1. The largest absolute Gasteiger partial charge is 0.464 e. The number of esters is 2. The van der Waals surface area contributed by atoms with Gasteiger partial charge in [-0.05, 0) is 26.8 Å². The van der Waals surface area contributed by atoms with E-state index in [1.54, 1.807) is 13.8 Å². The summed E-state index contributed by atoms with van der Waals surface area (Å²) in [6.45, 7) is 2.41. The molecule has 0 bridgehead atoms. The number of carbonyl (C=O) groups is 2. The summed E-state index contributed by atoms with van der Waals surface area (Å²) in [6, 6.07) is 0. The Labute approximate surface area is 104 Å². The van der Waals surface area contributed by atoms with E-state index >= 15 is 0 Å². The van der Waals surface area contributed by atoms with Gasteiger partial charge in [-0.3, -0.25) is 4.18 Å². The fourth-order valence-electron chi connectivity index (χ4n) is 1.27. The molecular weight excluding hydrogens is 252 g/mol. The highest BCUT2D eigenvalue weighted by molar-refractivity contribution is 7.75. The van der Waals surface area contributed by atoms with Gasteiger partial charge in [0.25, 0.3) is 6.48 Å². The monoisotopic (exact) mass is 266 g/mol. The molecule has 1 heterocycles. The molecule has 98 valence electrons. The Hall–Kier alpha value is -0.830. The van der Waals surface area contributed by atoms with E-state index < -0.39 is 30.6 Å². The van der Waals surface area contributed by atoms with Crippen LogP contribution in [0.5, 0.6) is 0 Å². The Balaban J connectivity index is 2.70. The van der Waals surface area contributed by atoms with Gasteiger partial charge in [0, 0.05) is 0 Å². The van der Waals surface area contributed by atoms with Gasteiger partial charge in [-0.15, -0.1) is 0 Å². The van der Waals surface area contributed by atoms with E-state index in [4.69, 9.17) is 18.9 Å². The maximum Gasteiger partial charge on any atom is 0.338 e. The number of carbonyl (C=O) groups excluding carboxylic acids is 2. The molecule has 0 aromatic rings. The summed E-state index contributed by atoms with van der Waals surface area (Å²) in [5, 5.41) is 0. The van der Waals surface area contributed by atoms with Crippen molar-refractivity contribution in [2.75, 3.05) is 13.2 Å². The van der Waals surface area contributed by atoms with Crippen molar-refractivity contribution in [3.63, 3.8) is 0 Å². The van der Waals surface area contributed by atoms with Gasteiger partial charge in [-0.2, -0.15) is 0 Å². The minimum atomic E-state index is -1.21. The first kappa shape index (κ1) is 14.2. The standard InChI is InChI=1S/C9H14O7S/c1-3-12-7(10)5-6(8(11)13-4-2)15-9(14-5)16-17/h5-6,9,17H,3-4H2,1-2H3. The minimum absolute atomic E-state index is 0.167. The third kappa shape index (κ3) is 3.56. The number of thiol groups is 1. The molecule has 0 N–H and O–H groups in total. The average Bonchev–Trinajstić information content (AvgIpc) is 2.73. The molecule has 7 nitrogen and oxygen atoms in total. The van der Waals surface area contributed by atoms with Crippen molar-refractivity contribution in [1.82, 2.24) is 0 Å². The number of hydrogen-bond acceptors (Lipinski definition) is 8. The second kappa shape index (κ2) is 6.80. The fraction of sp³-hybridized carbons (Fsp3) is 0.778. The molecule has 17 heavy (non-hydrogen) atoms. The zero-order chi connectivity index (χ0) is 12.8. The van der Waals surface area contributed by atoms with Crippen LogP contribution in [0.4, 0.5) is 0 Å². The zero-order valence-electron chi connectivity index (χ0n) is 9.45. The van der Waals surface area contributed by atoms with E-state index in [0.717, 1.165) is 0 Å². The Morgan fingerprint density at radius 1 is 1.06 bits per heavy atom. The van der Waals surface area contributed by atoms with E-state index in [9.17, 15) is 9.59 Å². The lowest BCUT2D eigenvalue weighted by molar-refractivity contribution is -0.194. The van der Waals surface area contributed by atoms with Crippen molar-refractivity contribution in [2.45, 2.75) is 32.5 Å². The lowest BCUT2D eigenvalue weighted by atomic mass is 10.2. The van der Waals surface area contributed by atoms with E-state index in [1.807, 2.05) is 0 Å². The Morgan fingerprint density at radius 3 is 1.76 bits per heavy atom. The molecule has 0 aliphatic carbocycles. The molecule has 8 heteroatoms. The maximum atomic E-state index is 11.5. The van der Waals surface area contributed by atoms with E-state index in [2.05, 4.69) is 17.1 Å². The van der Waals surface area contributed by atoms with Crippen LogP contribution in [0.2, 0.25) is 0 Å². The van der Waals surface area contributed by atoms with Crippen LogP contribution in [-0.4, -0.2) is 43.8 Å². The predicted molar refractivity (Wildman–Crippen MR) is 56.9 cm³/mol. The normalized spacial score (nSPS) is 27.8. The van der Waals surface area contributed by atoms with Gasteiger partial charge < -0.3 is 18.9 Å². The third-order valence-corrected chi connectivity index (χ3v) is 2.09. The van der Waals surface area contributed by atoms with E-state index in [-0.39, 0.29) is 13.2 Å². The average molecular weight is 266 g/mol. The Bertz CT molecular complexity index is 257. The Kier molecular flexibility index (Phi) is 5.69. The topological polar surface area (TPSA) is 80.3 Å². The maximum absolute atomic E-state index is 11.5. The molecule has 1 aliphatic rings. The van der Waals surface area contributed by atoms with Crippen LogP contribution in [0.3, 0.4) is 0 Å². The first-order chi connectivity index (χ1) is 8.13. The molecule has 2 atom stereocenters. The van der Waals surface area contributed by atoms with Crippen molar-refractivity contribution in [2.24, 2.45) is 0 Å². The third-order valence-electron chi connectivity index (χ3n) is 1.91. The fourth-order valence-corrected chi connectivity index (χ4v) is 1.37. The van der Waals surface area contributed by atoms with E-state index in [0.29, 0.717) is 0 Å². The lowest BCUT2D eigenvalue weighted by Crippen LogP contribution is -2.39. The highest BCUT2D eigenvalue weighted by Gasteiger charge is 2.47. The van der Waals surface area contributed by atoms with Crippen LogP contribution in [0.1, 0.15) is 13.8 Å². The van der Waals surface area contributed by atoms with Gasteiger partial charge in [0.1, 0.15) is 0 Å². The first-order valence-electron chi connectivity index (χ1n) is 5.08. The summed E-state index contributed by atoms with van der Waals surface area (Å²) in [4.78, 5) is 23.0. The second-order valence-corrected chi connectivity index (χ2v) is 3.22. The molecule has 0 radical (unpaired) electrons. The van der Waals surface area contributed by atoms with Gasteiger partial charge in [-0.25, -0.2) is 9.59 Å². The molecule has 0 saturated carbocycles. The molecule has 2 unspecified atom stereocenters. The van der Waals surface area contributed by atoms with Gasteiger partial charge in [0.05, 0.1) is 13.2 Å². The second-order valence-electron chi connectivity index (χ2n) is 3.01. The van der Waals surface area contributed by atoms with Crippen molar-refractivity contribution >= 4 is 24.8 Å². The predicted octanol–water partition coefficient (Wildman–Crippen LogP) is 0.0416. The molecule has 0 aromatic carbocycles. The molecule has 1 fully saturated rings. The summed E-state index contributed by atoms with van der Waals surface area (Å²) in [5.41, 5.74) is 0. The number of hydrogen-bond donors (Lipinski definition) is 1. The molecule has 1 rings (SSSR count). The van der Waals surface area contributed by atoms with Crippen LogP contribution >= 0.6 is 12.9 Å². The summed E-state index contributed by atoms with van der Waals surface area (Å²) >= 11 is 3.48. The van der Waals surface area contributed by atoms with Crippen LogP contribution < -0.4 is 0 Å². The summed E-state index contributed by atoms with van der Waals surface area (Å²) < 4.78 is 24.0. The van der Waals surface area contributed by atoms with E-state index in [1.165, 1.54) is 0 Å². The van der Waals surface area contributed by atoms with Crippen molar-refractivity contribution in [1.29, 1.82) is 0 Å². The molecular formula is C9H14O7S. The quantitative estimate of drug-likeness (QED) is 0.427. The summed E-state index contributed by atoms with van der Waals surface area (Å²) in [6.07, 6.45) is -2.41. The molecule has 0 aromatic heterocycles. The van der Waals surface area contributed by atoms with Gasteiger partial charge in [-0.1, -0.05) is 0 Å². The summed E-state index contributed by atoms with van der Waals surface area (Å²) in [5.74, 6) is -1.42. The Morgan fingerprint density at radius 2 is 1.47 bits per heavy atom. The first-order valence-corrected chi connectivity index (χ1v) is 5.44. The summed E-state index contributed by atoms with van der Waals surface area (Å²) in [7, 11) is 0. The minimum Gasteiger partial charge on any atom is -0.464 e. The van der Waals surface area contributed by atoms with Gasteiger partial charge in [0.2, 0.25) is 0 Å². The zero-order valence-corrected chi connectivity index (χ0v) is 10.3. The van der Waals surface area contributed by atoms with Crippen LogP contribution in [0.15, 0.2) is 0 Å². The van der Waals surface area contributed by atoms with Crippen molar-refractivity contribution in [3.05, 3.63) is 0 Å². The molecule has 1 aliphatic heterocycles. The molecule has 0 amide bonds. The smallest absolute Gasteiger partial charge is 0.338 e. The van der Waals surface area contributed by atoms with Crippen LogP contribution in [0, 0.1) is 0 Å². The number of ether oxygens (including phenoxy) is 4. The molecule has 1 saturated heterocycles. The molecule has 0 spiro atoms. The highest BCUT2D eigenvalue weighted by Crippen LogP contribution is 2.23. The number of rotatable bonds is 5. The van der Waals surface area contributed by atoms with Gasteiger partial charge >= 0.3 is 11.9 Å². The lowest BCUT2D eigenvalue weighted by Gasteiger charge is -2.13. The SMILES string of the molecule is CCOC(=O)C1OC(OS)OC1C(=O)OCC.